The SMILES string of the molecule is N#CC(Sc1nncn1CCc1ccccn1)C1CCCCC1. The van der Waals surface area contributed by atoms with Gasteiger partial charge in [0.1, 0.15) is 11.6 Å². The predicted molar refractivity (Wildman–Crippen MR) is 89.8 cm³/mol. The fourth-order valence-corrected chi connectivity index (χ4v) is 4.16. The molecular weight excluding hydrogens is 306 g/mol. The summed E-state index contributed by atoms with van der Waals surface area (Å²) in [6.07, 6.45) is 10.5. The maximum absolute atomic E-state index is 9.54. The van der Waals surface area contributed by atoms with Gasteiger partial charge in [-0.05, 0) is 30.9 Å². The van der Waals surface area contributed by atoms with Gasteiger partial charge in [-0.15, -0.1) is 10.2 Å². The van der Waals surface area contributed by atoms with Crippen LogP contribution >= 0.6 is 11.8 Å². The average Bonchev–Trinajstić information content (AvgIpc) is 3.06. The minimum atomic E-state index is -0.0203. The second kappa shape index (κ2) is 8.11. The molecule has 1 aliphatic rings. The summed E-state index contributed by atoms with van der Waals surface area (Å²) in [5, 5.41) is 18.6. The van der Waals surface area contributed by atoms with E-state index in [1.807, 2.05) is 29.0 Å². The predicted octanol–water partition coefficient (Wildman–Crippen LogP) is 3.48. The van der Waals surface area contributed by atoms with Crippen molar-refractivity contribution in [2.45, 2.75) is 55.5 Å². The zero-order valence-corrected chi connectivity index (χ0v) is 14.0. The van der Waals surface area contributed by atoms with Crippen LogP contribution in [0.1, 0.15) is 37.8 Å². The van der Waals surface area contributed by atoms with Crippen molar-refractivity contribution in [2.75, 3.05) is 0 Å². The van der Waals surface area contributed by atoms with Crippen molar-refractivity contribution >= 4 is 11.8 Å². The van der Waals surface area contributed by atoms with Crippen molar-refractivity contribution in [3.63, 3.8) is 0 Å². The quantitative estimate of drug-likeness (QED) is 0.760. The molecule has 0 aromatic carbocycles. The van der Waals surface area contributed by atoms with E-state index in [0.717, 1.165) is 36.7 Å². The van der Waals surface area contributed by atoms with Crippen molar-refractivity contribution in [3.8, 4) is 6.07 Å². The van der Waals surface area contributed by atoms with Crippen molar-refractivity contribution in [3.05, 3.63) is 36.4 Å². The Kier molecular flexibility index (Phi) is 5.65. The Bertz CT molecular complexity index is 643. The zero-order valence-electron chi connectivity index (χ0n) is 13.1. The molecule has 0 saturated heterocycles. The maximum atomic E-state index is 9.54. The van der Waals surface area contributed by atoms with Gasteiger partial charge < -0.3 is 4.57 Å². The highest BCUT2D eigenvalue weighted by molar-refractivity contribution is 8.00. The highest BCUT2D eigenvalue weighted by Crippen LogP contribution is 2.35. The zero-order chi connectivity index (χ0) is 15.9. The summed E-state index contributed by atoms with van der Waals surface area (Å²) < 4.78 is 2.03. The van der Waals surface area contributed by atoms with Gasteiger partial charge in [-0.25, -0.2) is 0 Å². The van der Waals surface area contributed by atoms with Gasteiger partial charge in [-0.3, -0.25) is 4.98 Å². The molecule has 5 nitrogen and oxygen atoms in total. The summed E-state index contributed by atoms with van der Waals surface area (Å²) in [7, 11) is 0. The summed E-state index contributed by atoms with van der Waals surface area (Å²) >= 11 is 1.57. The first-order valence-corrected chi connectivity index (χ1v) is 9.09. The number of nitriles is 1. The minimum absolute atomic E-state index is 0.0203. The molecule has 0 bridgehead atoms. The third-order valence-corrected chi connectivity index (χ3v) is 5.62. The van der Waals surface area contributed by atoms with Gasteiger partial charge >= 0.3 is 0 Å². The number of hydrogen-bond donors (Lipinski definition) is 0. The Labute approximate surface area is 141 Å². The highest BCUT2D eigenvalue weighted by Gasteiger charge is 2.26. The van der Waals surface area contributed by atoms with Crippen LogP contribution in [-0.4, -0.2) is 25.0 Å². The van der Waals surface area contributed by atoms with E-state index in [9.17, 15) is 5.26 Å². The van der Waals surface area contributed by atoms with E-state index < -0.39 is 0 Å². The van der Waals surface area contributed by atoms with Gasteiger partial charge in [-0.2, -0.15) is 5.26 Å². The molecule has 0 aliphatic heterocycles. The standard InChI is InChI=1S/C17H21N5S/c18-12-16(14-6-2-1-3-7-14)23-17-21-20-13-22(17)11-9-15-8-4-5-10-19-15/h4-5,8,10,13-14,16H,1-3,6-7,9,11H2. The van der Waals surface area contributed by atoms with Gasteiger partial charge in [0, 0.05) is 24.9 Å². The monoisotopic (exact) mass is 327 g/mol. The lowest BCUT2D eigenvalue weighted by atomic mass is 9.87. The lowest BCUT2D eigenvalue weighted by Crippen LogP contribution is -2.19. The van der Waals surface area contributed by atoms with Crippen LogP contribution in [0.5, 0.6) is 0 Å². The van der Waals surface area contributed by atoms with E-state index in [0.29, 0.717) is 5.92 Å². The number of aromatic nitrogens is 4. The first-order chi connectivity index (χ1) is 11.4. The molecule has 0 N–H and O–H groups in total. The van der Waals surface area contributed by atoms with Crippen molar-refractivity contribution in [1.82, 2.24) is 19.7 Å². The van der Waals surface area contributed by atoms with E-state index in [1.54, 1.807) is 18.1 Å². The average molecular weight is 327 g/mol. The maximum Gasteiger partial charge on any atom is 0.192 e. The van der Waals surface area contributed by atoms with E-state index in [1.165, 1.54) is 19.3 Å². The summed E-state index contributed by atoms with van der Waals surface area (Å²) in [6.45, 7) is 0.787. The summed E-state index contributed by atoms with van der Waals surface area (Å²) in [4.78, 5) is 4.35. The van der Waals surface area contributed by atoms with E-state index in [4.69, 9.17) is 0 Å². The molecule has 2 heterocycles. The number of thioether (sulfide) groups is 1. The second-order valence-corrected chi connectivity index (χ2v) is 7.05. The number of nitrogens with zero attached hydrogens (tertiary/aromatic N) is 5. The Balaban J connectivity index is 1.62. The highest BCUT2D eigenvalue weighted by atomic mass is 32.2. The van der Waals surface area contributed by atoms with Crippen molar-refractivity contribution in [1.29, 1.82) is 5.26 Å². The molecule has 0 amide bonds. The molecule has 1 aliphatic carbocycles. The molecule has 0 spiro atoms. The van der Waals surface area contributed by atoms with Crippen LogP contribution in [0, 0.1) is 17.2 Å². The summed E-state index contributed by atoms with van der Waals surface area (Å²) in [5.74, 6) is 0.486. The van der Waals surface area contributed by atoms with E-state index >= 15 is 0 Å². The smallest absolute Gasteiger partial charge is 0.192 e. The van der Waals surface area contributed by atoms with E-state index in [-0.39, 0.29) is 5.25 Å². The van der Waals surface area contributed by atoms with Crippen LogP contribution in [0.15, 0.2) is 35.9 Å². The van der Waals surface area contributed by atoms with Crippen LogP contribution in [0.2, 0.25) is 0 Å². The summed E-state index contributed by atoms with van der Waals surface area (Å²) in [5.41, 5.74) is 1.06. The lowest BCUT2D eigenvalue weighted by Gasteiger charge is -2.24. The first-order valence-electron chi connectivity index (χ1n) is 8.21. The first kappa shape index (κ1) is 16.0. The molecule has 120 valence electrons. The van der Waals surface area contributed by atoms with Crippen molar-refractivity contribution < 1.29 is 0 Å². The van der Waals surface area contributed by atoms with E-state index in [2.05, 4.69) is 21.3 Å². The van der Waals surface area contributed by atoms with Gasteiger partial charge in [0.15, 0.2) is 5.16 Å². The molecule has 0 radical (unpaired) electrons. The van der Waals surface area contributed by atoms with Crippen LogP contribution in [0.4, 0.5) is 0 Å². The fourth-order valence-electron chi connectivity index (χ4n) is 3.05. The molecule has 23 heavy (non-hydrogen) atoms. The molecule has 1 fully saturated rings. The molecule has 1 saturated carbocycles. The minimum Gasteiger partial charge on any atom is -0.308 e. The number of pyridine rings is 1. The third kappa shape index (κ3) is 4.32. The molecule has 6 heteroatoms. The van der Waals surface area contributed by atoms with Crippen LogP contribution in [-0.2, 0) is 13.0 Å². The normalized spacial score (nSPS) is 16.8. The number of rotatable bonds is 6. The number of aryl methyl sites for hydroxylation is 2. The molecule has 2 aromatic heterocycles. The molecule has 2 aromatic rings. The van der Waals surface area contributed by atoms with Crippen LogP contribution < -0.4 is 0 Å². The largest absolute Gasteiger partial charge is 0.308 e. The Morgan fingerprint density at radius 3 is 2.91 bits per heavy atom. The third-order valence-electron chi connectivity index (χ3n) is 4.35. The Morgan fingerprint density at radius 1 is 1.30 bits per heavy atom. The van der Waals surface area contributed by atoms with Gasteiger partial charge in [-0.1, -0.05) is 37.1 Å². The lowest BCUT2D eigenvalue weighted by molar-refractivity contribution is 0.369. The molecule has 1 atom stereocenters. The Morgan fingerprint density at radius 2 is 2.17 bits per heavy atom. The van der Waals surface area contributed by atoms with Crippen LogP contribution in [0.25, 0.3) is 0 Å². The topological polar surface area (TPSA) is 67.4 Å². The van der Waals surface area contributed by atoms with Crippen LogP contribution in [0.3, 0.4) is 0 Å². The second-order valence-electron chi connectivity index (χ2n) is 5.94. The molecule has 1 unspecified atom stereocenters. The van der Waals surface area contributed by atoms with Gasteiger partial charge in [0.2, 0.25) is 0 Å². The van der Waals surface area contributed by atoms with Gasteiger partial charge in [0.05, 0.1) is 6.07 Å². The molecule has 3 rings (SSSR count). The number of hydrogen-bond acceptors (Lipinski definition) is 5. The molecular formula is C17H21N5S. The summed E-state index contributed by atoms with van der Waals surface area (Å²) in [6, 6.07) is 8.43. The fraction of sp³-hybridized carbons (Fsp3) is 0.529. The van der Waals surface area contributed by atoms with Gasteiger partial charge in [0.25, 0.3) is 0 Å². The van der Waals surface area contributed by atoms with Crippen molar-refractivity contribution in [2.24, 2.45) is 5.92 Å². The Hall–Kier alpha value is -1.87.